The molecule has 1 aromatic carbocycles. The minimum atomic E-state index is -1.99. The summed E-state index contributed by atoms with van der Waals surface area (Å²) in [7, 11) is -0.690. The number of aromatic nitrogens is 1. The molecule has 0 fully saturated rings. The van der Waals surface area contributed by atoms with Gasteiger partial charge in [0.2, 0.25) is 8.32 Å². The first-order chi connectivity index (χ1) is 14.1. The molecule has 2 aromatic rings. The largest absolute Gasteiger partial charge is 0.543 e. The van der Waals surface area contributed by atoms with Gasteiger partial charge < -0.3 is 24.2 Å². The van der Waals surface area contributed by atoms with Gasteiger partial charge in [-0.05, 0) is 62.7 Å². The second-order valence-electron chi connectivity index (χ2n) is 10.3. The molecule has 1 amide bonds. The molecule has 0 bridgehead atoms. The van der Waals surface area contributed by atoms with E-state index in [0.717, 1.165) is 22.2 Å². The summed E-state index contributed by atoms with van der Waals surface area (Å²) < 4.78 is 16.6. The van der Waals surface area contributed by atoms with E-state index in [1.54, 1.807) is 20.8 Å². The summed E-state index contributed by atoms with van der Waals surface area (Å²) in [6.07, 6.45) is 1.44. The second kappa shape index (κ2) is 8.94. The number of nitrogens with one attached hydrogen (secondary N) is 2. The van der Waals surface area contributed by atoms with Crippen LogP contribution in [0.15, 0.2) is 24.4 Å². The van der Waals surface area contributed by atoms with Crippen molar-refractivity contribution in [1.29, 1.82) is 0 Å². The highest BCUT2D eigenvalue weighted by Crippen LogP contribution is 2.38. The zero-order valence-corrected chi connectivity index (χ0v) is 21.1. The Bertz CT molecular complexity index is 938. The Morgan fingerprint density at radius 1 is 1.13 bits per heavy atom. The van der Waals surface area contributed by atoms with E-state index in [1.807, 2.05) is 24.4 Å². The van der Waals surface area contributed by atoms with Crippen molar-refractivity contribution in [2.75, 3.05) is 7.11 Å². The van der Waals surface area contributed by atoms with Crippen molar-refractivity contribution in [3.05, 3.63) is 30.0 Å². The summed E-state index contributed by atoms with van der Waals surface area (Å²) in [4.78, 5) is 27.8. The highest BCUT2D eigenvalue weighted by molar-refractivity contribution is 6.74. The van der Waals surface area contributed by atoms with Gasteiger partial charge in [0.25, 0.3) is 0 Å². The summed E-state index contributed by atoms with van der Waals surface area (Å²) in [5.41, 5.74) is 1.14. The van der Waals surface area contributed by atoms with Gasteiger partial charge in [-0.2, -0.15) is 0 Å². The summed E-state index contributed by atoms with van der Waals surface area (Å²) in [6.45, 7) is 16.3. The Kier molecular flexibility index (Phi) is 7.15. The van der Waals surface area contributed by atoms with E-state index in [2.05, 4.69) is 44.2 Å². The van der Waals surface area contributed by atoms with Crippen LogP contribution < -0.4 is 9.74 Å². The van der Waals surface area contributed by atoms with Crippen molar-refractivity contribution in [1.82, 2.24) is 10.3 Å². The minimum Gasteiger partial charge on any atom is -0.543 e. The lowest BCUT2D eigenvalue weighted by molar-refractivity contribution is -0.143. The number of methoxy groups -OCH3 is 1. The van der Waals surface area contributed by atoms with Crippen molar-refractivity contribution >= 4 is 31.3 Å². The van der Waals surface area contributed by atoms with Crippen LogP contribution in [0.1, 0.15) is 47.1 Å². The van der Waals surface area contributed by atoms with E-state index < -0.39 is 32.0 Å². The third-order valence-electron chi connectivity index (χ3n) is 5.52. The van der Waals surface area contributed by atoms with Crippen LogP contribution in [0.4, 0.5) is 4.79 Å². The predicted molar refractivity (Wildman–Crippen MR) is 125 cm³/mol. The van der Waals surface area contributed by atoms with E-state index in [-0.39, 0.29) is 11.5 Å². The third kappa shape index (κ3) is 6.50. The van der Waals surface area contributed by atoms with Gasteiger partial charge in [0.1, 0.15) is 17.4 Å². The van der Waals surface area contributed by atoms with Crippen LogP contribution in [0.3, 0.4) is 0 Å². The smallest absolute Gasteiger partial charge is 0.408 e. The molecule has 2 N–H and O–H groups in total. The lowest BCUT2D eigenvalue weighted by Crippen LogP contribution is -2.45. The molecule has 0 spiro atoms. The molecule has 2 rings (SSSR count). The fraction of sp³-hybridized carbons (Fsp3) is 0.565. The molecular formula is C23H36N2O5Si. The van der Waals surface area contributed by atoms with Gasteiger partial charge >= 0.3 is 12.1 Å². The van der Waals surface area contributed by atoms with Gasteiger partial charge in [-0.25, -0.2) is 9.59 Å². The zero-order valence-electron chi connectivity index (χ0n) is 20.1. The molecule has 0 unspecified atom stereocenters. The van der Waals surface area contributed by atoms with Gasteiger partial charge in [-0.15, -0.1) is 0 Å². The second-order valence-corrected chi connectivity index (χ2v) is 15.0. The third-order valence-corrected chi connectivity index (χ3v) is 9.88. The van der Waals surface area contributed by atoms with Gasteiger partial charge in [-0.1, -0.05) is 20.8 Å². The number of benzene rings is 1. The monoisotopic (exact) mass is 448 g/mol. The maximum absolute atomic E-state index is 12.3. The number of amides is 1. The SMILES string of the molecule is COC(=O)[C@H](Cc1c[nH]c2ccc(O[Si](C)(C)C(C)(C)C)cc12)NC(=O)OC(C)(C)C. The molecule has 0 saturated carbocycles. The fourth-order valence-corrected chi connectivity index (χ4v) is 3.87. The molecular weight excluding hydrogens is 412 g/mol. The maximum atomic E-state index is 12.3. The summed E-state index contributed by atoms with van der Waals surface area (Å²) in [6, 6.07) is 5.04. The van der Waals surface area contributed by atoms with Crippen molar-refractivity contribution in [3.63, 3.8) is 0 Å². The van der Waals surface area contributed by atoms with Crippen LogP contribution >= 0.6 is 0 Å². The van der Waals surface area contributed by atoms with E-state index in [9.17, 15) is 9.59 Å². The number of hydrogen-bond donors (Lipinski definition) is 2. The lowest BCUT2D eigenvalue weighted by atomic mass is 10.0. The molecule has 7 nitrogen and oxygen atoms in total. The van der Waals surface area contributed by atoms with Crippen molar-refractivity contribution in [2.45, 2.75) is 77.7 Å². The van der Waals surface area contributed by atoms with Crippen LogP contribution in [0.5, 0.6) is 5.75 Å². The molecule has 31 heavy (non-hydrogen) atoms. The quantitative estimate of drug-likeness (QED) is 0.470. The number of rotatable bonds is 6. The standard InChI is InChI=1S/C23H36N2O5Si/c1-22(2,3)29-21(27)25-19(20(26)28-7)12-15-14-24-18-11-10-16(13-17(15)18)30-31(8,9)23(4,5)6/h10-11,13-14,19,24H,12H2,1-9H3,(H,25,27)/t19-/m0/s1. The first-order valence-electron chi connectivity index (χ1n) is 10.5. The number of aromatic amines is 1. The molecule has 0 aliphatic heterocycles. The minimum absolute atomic E-state index is 0.0796. The molecule has 1 heterocycles. The van der Waals surface area contributed by atoms with Crippen LogP contribution in [-0.4, -0.2) is 44.1 Å². The highest BCUT2D eigenvalue weighted by Gasteiger charge is 2.39. The van der Waals surface area contributed by atoms with Crippen LogP contribution in [0.25, 0.3) is 10.9 Å². The molecule has 172 valence electrons. The van der Waals surface area contributed by atoms with E-state index in [1.165, 1.54) is 7.11 Å². The van der Waals surface area contributed by atoms with Gasteiger partial charge in [0.05, 0.1) is 7.11 Å². The number of esters is 1. The Morgan fingerprint density at radius 3 is 2.32 bits per heavy atom. The summed E-state index contributed by atoms with van der Waals surface area (Å²) >= 11 is 0. The van der Waals surface area contributed by atoms with Crippen molar-refractivity contribution < 1.29 is 23.5 Å². The van der Waals surface area contributed by atoms with Gasteiger partial charge in [-0.3, -0.25) is 0 Å². The Balaban J connectivity index is 2.29. The first kappa shape index (κ1) is 24.8. The van der Waals surface area contributed by atoms with E-state index in [4.69, 9.17) is 13.9 Å². The number of carbonyl (C=O) groups excluding carboxylic acids is 2. The van der Waals surface area contributed by atoms with Crippen molar-refractivity contribution in [2.24, 2.45) is 0 Å². The number of ether oxygens (including phenoxy) is 2. The molecule has 8 heteroatoms. The van der Waals surface area contributed by atoms with Crippen LogP contribution in [0, 0.1) is 0 Å². The molecule has 0 aliphatic rings. The van der Waals surface area contributed by atoms with E-state index in [0.29, 0.717) is 0 Å². The highest BCUT2D eigenvalue weighted by atomic mass is 28.4. The Hall–Kier alpha value is -2.48. The van der Waals surface area contributed by atoms with Gasteiger partial charge in [0, 0.05) is 23.5 Å². The number of alkyl carbamates (subject to hydrolysis) is 1. The summed E-state index contributed by atoms with van der Waals surface area (Å²) in [5, 5.41) is 3.65. The Labute approximate surface area is 186 Å². The average Bonchev–Trinajstić information content (AvgIpc) is 2.99. The Morgan fingerprint density at radius 2 is 1.77 bits per heavy atom. The van der Waals surface area contributed by atoms with Gasteiger partial charge in [0.15, 0.2) is 0 Å². The molecule has 1 aromatic heterocycles. The molecule has 0 aliphatic carbocycles. The lowest BCUT2D eigenvalue weighted by Gasteiger charge is -2.36. The summed E-state index contributed by atoms with van der Waals surface area (Å²) in [5.74, 6) is 0.267. The topological polar surface area (TPSA) is 89.7 Å². The van der Waals surface area contributed by atoms with Crippen LogP contribution in [-0.2, 0) is 20.7 Å². The molecule has 0 radical (unpaired) electrons. The van der Waals surface area contributed by atoms with Crippen LogP contribution in [0.2, 0.25) is 18.1 Å². The number of carbonyl (C=O) groups is 2. The fourth-order valence-electron chi connectivity index (χ4n) is 2.84. The molecule has 0 saturated heterocycles. The van der Waals surface area contributed by atoms with E-state index >= 15 is 0 Å². The average molecular weight is 449 g/mol. The predicted octanol–water partition coefficient (Wildman–Crippen LogP) is 5.16. The number of fused-ring (bicyclic) bond motifs is 1. The first-order valence-corrected chi connectivity index (χ1v) is 13.4. The normalized spacial score (nSPS) is 13.6. The maximum Gasteiger partial charge on any atom is 0.408 e. The number of H-pyrrole nitrogens is 1. The zero-order chi connectivity index (χ0) is 23.6. The number of hydrogen-bond acceptors (Lipinski definition) is 5. The molecule has 1 atom stereocenters. The van der Waals surface area contributed by atoms with Crippen molar-refractivity contribution in [3.8, 4) is 5.75 Å².